The van der Waals surface area contributed by atoms with Crippen molar-refractivity contribution in [2.45, 2.75) is 0 Å². The Labute approximate surface area is 42.2 Å². The average Bonchev–Trinajstić information content (AvgIpc) is 1.61. The van der Waals surface area contributed by atoms with Gasteiger partial charge in [0.1, 0.15) is 5.82 Å². The van der Waals surface area contributed by atoms with Gasteiger partial charge in [-0.2, -0.15) is 5.11 Å². The lowest BCUT2D eigenvalue weighted by Crippen LogP contribution is -1.86. The zero-order valence-corrected chi connectivity index (χ0v) is 3.96. The van der Waals surface area contributed by atoms with E-state index in [2.05, 4.69) is 23.4 Å². The Bertz CT molecular complexity index is 104. The molecule has 3 heteroatoms. The van der Waals surface area contributed by atoms with Crippen molar-refractivity contribution in [3.8, 4) is 0 Å². The molecule has 3 nitrogen and oxygen atoms in total. The topological polar surface area (TPSA) is 50.7 Å². The van der Waals surface area contributed by atoms with E-state index in [4.69, 9.17) is 5.73 Å². The van der Waals surface area contributed by atoms with Crippen molar-refractivity contribution >= 4 is 0 Å². The molecule has 0 rings (SSSR count). The normalized spacial score (nSPS) is 9.14. The summed E-state index contributed by atoms with van der Waals surface area (Å²) in [5, 5.41) is 6.67. The van der Waals surface area contributed by atoms with E-state index in [0.717, 1.165) is 0 Å². The highest BCUT2D eigenvalue weighted by molar-refractivity contribution is 4.80. The fourth-order valence-electron chi connectivity index (χ4n) is 0.115. The maximum Gasteiger partial charge on any atom is 0.138 e. The molecule has 0 amide bonds. The number of nitrogens with zero attached hydrogens (tertiary/aromatic N) is 2. The van der Waals surface area contributed by atoms with E-state index in [9.17, 15) is 0 Å². The van der Waals surface area contributed by atoms with Crippen molar-refractivity contribution in [2.75, 3.05) is 0 Å². The van der Waals surface area contributed by atoms with Crippen molar-refractivity contribution in [1.82, 2.24) is 0 Å². The molecule has 0 aliphatic carbocycles. The molecule has 0 aromatic heterocycles. The largest absolute Gasteiger partial charge is 0.383 e. The SMILES string of the molecule is C=CN=NC(=C)N. The molecule has 0 aromatic carbocycles. The molecule has 2 N–H and O–H groups in total. The highest BCUT2D eigenvalue weighted by Gasteiger charge is 1.67. The molecule has 0 aromatic rings. The van der Waals surface area contributed by atoms with Gasteiger partial charge >= 0.3 is 0 Å². The van der Waals surface area contributed by atoms with Gasteiger partial charge in [-0.3, -0.25) is 0 Å². The average molecular weight is 97.1 g/mol. The van der Waals surface area contributed by atoms with Gasteiger partial charge in [0.2, 0.25) is 0 Å². The van der Waals surface area contributed by atoms with Crippen LogP contribution in [0.25, 0.3) is 0 Å². The fourth-order valence-corrected chi connectivity index (χ4v) is 0.115. The Morgan fingerprint density at radius 2 is 2.29 bits per heavy atom. The summed E-state index contributed by atoms with van der Waals surface area (Å²) >= 11 is 0. The third-order valence-corrected chi connectivity index (χ3v) is 0.268. The lowest BCUT2D eigenvalue weighted by Gasteiger charge is -1.77. The van der Waals surface area contributed by atoms with Crippen LogP contribution in [0.3, 0.4) is 0 Å². The van der Waals surface area contributed by atoms with Crippen LogP contribution in [0, 0.1) is 0 Å². The summed E-state index contributed by atoms with van der Waals surface area (Å²) < 4.78 is 0. The smallest absolute Gasteiger partial charge is 0.138 e. The monoisotopic (exact) mass is 97.1 g/mol. The molecule has 0 heterocycles. The molecular formula is C4H7N3. The lowest BCUT2D eigenvalue weighted by molar-refractivity contribution is 1.11. The van der Waals surface area contributed by atoms with E-state index in [0.29, 0.717) is 0 Å². The van der Waals surface area contributed by atoms with Crippen molar-refractivity contribution in [2.24, 2.45) is 16.0 Å². The standard InChI is InChI=1S/C4H7N3/c1-3-6-7-4(2)5/h3H,1-2,5H2. The van der Waals surface area contributed by atoms with Crippen molar-refractivity contribution in [3.63, 3.8) is 0 Å². The first-order chi connectivity index (χ1) is 3.27. The first-order valence-electron chi connectivity index (χ1n) is 1.73. The molecule has 0 atom stereocenters. The molecule has 38 valence electrons. The molecule has 0 aliphatic rings. The predicted molar refractivity (Wildman–Crippen MR) is 28.4 cm³/mol. The Balaban J connectivity index is 3.46. The van der Waals surface area contributed by atoms with Gasteiger partial charge in [0.25, 0.3) is 0 Å². The van der Waals surface area contributed by atoms with Gasteiger partial charge in [0, 0.05) is 6.20 Å². The number of nitrogens with two attached hydrogens (primary N) is 1. The molecule has 0 unspecified atom stereocenters. The minimum atomic E-state index is 0.194. The van der Waals surface area contributed by atoms with Gasteiger partial charge in [0.15, 0.2) is 0 Å². The van der Waals surface area contributed by atoms with Gasteiger partial charge in [-0.15, -0.1) is 5.11 Å². The lowest BCUT2D eigenvalue weighted by atomic mass is 10.9. The van der Waals surface area contributed by atoms with Crippen LogP contribution in [0.1, 0.15) is 0 Å². The number of azo groups is 1. The van der Waals surface area contributed by atoms with Crippen LogP contribution in [0.4, 0.5) is 0 Å². The quantitative estimate of drug-likeness (QED) is 0.513. The van der Waals surface area contributed by atoms with Crippen LogP contribution in [-0.2, 0) is 0 Å². The number of hydrogen-bond acceptors (Lipinski definition) is 3. The van der Waals surface area contributed by atoms with Crippen molar-refractivity contribution in [1.29, 1.82) is 0 Å². The Kier molecular flexibility index (Phi) is 2.59. The summed E-state index contributed by atoms with van der Waals surface area (Å²) in [5.74, 6) is 0.194. The zero-order valence-electron chi connectivity index (χ0n) is 3.96. The molecule has 0 bridgehead atoms. The molecule has 0 spiro atoms. The number of hydrogen-bond donors (Lipinski definition) is 1. The maximum absolute atomic E-state index is 4.98. The maximum atomic E-state index is 4.98. The highest BCUT2D eigenvalue weighted by Crippen LogP contribution is 1.79. The minimum absolute atomic E-state index is 0.194. The molecule has 0 saturated heterocycles. The Morgan fingerprint density at radius 1 is 1.71 bits per heavy atom. The van der Waals surface area contributed by atoms with E-state index in [-0.39, 0.29) is 5.82 Å². The van der Waals surface area contributed by atoms with Crippen LogP contribution >= 0.6 is 0 Å². The van der Waals surface area contributed by atoms with E-state index in [1.54, 1.807) is 0 Å². The Hall–Kier alpha value is -1.12. The van der Waals surface area contributed by atoms with Crippen LogP contribution in [0.2, 0.25) is 0 Å². The molecule has 0 aliphatic heterocycles. The second-order valence-corrected chi connectivity index (χ2v) is 0.889. The minimum Gasteiger partial charge on any atom is -0.383 e. The summed E-state index contributed by atoms with van der Waals surface area (Å²) in [6, 6.07) is 0. The van der Waals surface area contributed by atoms with E-state index in [1.165, 1.54) is 6.20 Å². The van der Waals surface area contributed by atoms with Crippen LogP contribution in [-0.4, -0.2) is 0 Å². The van der Waals surface area contributed by atoms with E-state index < -0.39 is 0 Å². The van der Waals surface area contributed by atoms with Crippen LogP contribution < -0.4 is 5.73 Å². The predicted octanol–water partition coefficient (Wildman–Crippen LogP) is 1.01. The van der Waals surface area contributed by atoms with Crippen molar-refractivity contribution in [3.05, 3.63) is 25.2 Å². The van der Waals surface area contributed by atoms with Gasteiger partial charge in [0.05, 0.1) is 0 Å². The third-order valence-electron chi connectivity index (χ3n) is 0.268. The molecule has 0 saturated carbocycles. The van der Waals surface area contributed by atoms with E-state index in [1.807, 2.05) is 0 Å². The third kappa shape index (κ3) is 4.88. The zero-order chi connectivity index (χ0) is 5.70. The molecule has 0 radical (unpaired) electrons. The van der Waals surface area contributed by atoms with Gasteiger partial charge in [-0.25, -0.2) is 0 Å². The molecule has 0 fully saturated rings. The Morgan fingerprint density at radius 3 is 2.43 bits per heavy atom. The molecule has 7 heavy (non-hydrogen) atoms. The van der Waals surface area contributed by atoms with Crippen LogP contribution in [0.5, 0.6) is 0 Å². The highest BCUT2D eigenvalue weighted by atomic mass is 15.1. The second-order valence-electron chi connectivity index (χ2n) is 0.889. The second kappa shape index (κ2) is 3.08. The summed E-state index contributed by atoms with van der Waals surface area (Å²) in [4.78, 5) is 0. The van der Waals surface area contributed by atoms with Crippen molar-refractivity contribution < 1.29 is 0 Å². The van der Waals surface area contributed by atoms with Crippen LogP contribution in [0.15, 0.2) is 35.4 Å². The first kappa shape index (κ1) is 5.88. The summed E-state index contributed by atoms with van der Waals surface area (Å²) in [5.41, 5.74) is 4.98. The van der Waals surface area contributed by atoms with Gasteiger partial charge < -0.3 is 5.73 Å². The van der Waals surface area contributed by atoms with Gasteiger partial charge in [-0.1, -0.05) is 13.2 Å². The van der Waals surface area contributed by atoms with E-state index >= 15 is 0 Å². The fraction of sp³-hybridized carbons (Fsp3) is 0. The summed E-state index contributed by atoms with van der Waals surface area (Å²) in [6.45, 7) is 6.54. The first-order valence-corrected chi connectivity index (χ1v) is 1.73. The van der Waals surface area contributed by atoms with Gasteiger partial charge in [-0.05, 0) is 0 Å². The summed E-state index contributed by atoms with van der Waals surface area (Å²) in [7, 11) is 0. The number of rotatable bonds is 2. The molecular weight excluding hydrogens is 90.1 g/mol. The summed E-state index contributed by atoms with van der Waals surface area (Å²) in [6.07, 6.45) is 1.29.